The molecular formula is C13H7BrClNOS. The zero-order chi connectivity index (χ0) is 13.1. The van der Waals surface area contributed by atoms with E-state index in [1.165, 1.54) is 11.3 Å². The normalized spacial score (nSPS) is 11.8. The van der Waals surface area contributed by atoms with Gasteiger partial charge >= 0.3 is 0 Å². The molecule has 1 atom stereocenters. The summed E-state index contributed by atoms with van der Waals surface area (Å²) >= 11 is 10.6. The van der Waals surface area contributed by atoms with Gasteiger partial charge in [-0.2, -0.15) is 5.26 Å². The Bertz CT molecular complexity index is 632. The van der Waals surface area contributed by atoms with Crippen molar-refractivity contribution in [3.05, 3.63) is 55.6 Å². The quantitative estimate of drug-likeness (QED) is 0.763. The molecule has 0 aliphatic heterocycles. The van der Waals surface area contributed by atoms with E-state index in [0.29, 0.717) is 16.1 Å². The molecule has 0 bridgehead atoms. The lowest BCUT2D eigenvalue weighted by atomic mass is 9.93. The Morgan fingerprint density at radius 2 is 2.22 bits per heavy atom. The summed E-state index contributed by atoms with van der Waals surface area (Å²) in [6.45, 7) is 0. The summed E-state index contributed by atoms with van der Waals surface area (Å²) in [7, 11) is 0. The Morgan fingerprint density at radius 1 is 1.44 bits per heavy atom. The summed E-state index contributed by atoms with van der Waals surface area (Å²) in [6, 6.07) is 10.6. The minimum Gasteiger partial charge on any atom is -0.292 e. The number of halogens is 2. The van der Waals surface area contributed by atoms with E-state index in [1.807, 2.05) is 6.07 Å². The average Bonchev–Trinajstić information content (AvgIpc) is 2.77. The molecule has 0 N–H and O–H groups in total. The van der Waals surface area contributed by atoms with E-state index in [-0.39, 0.29) is 5.78 Å². The SMILES string of the molecule is N#CC(C(=O)c1csc(Br)c1)c1cccc(Cl)c1. The van der Waals surface area contributed by atoms with Crippen molar-refractivity contribution in [3.63, 3.8) is 0 Å². The molecule has 90 valence electrons. The van der Waals surface area contributed by atoms with Crippen LogP contribution in [-0.2, 0) is 0 Å². The maximum absolute atomic E-state index is 12.2. The van der Waals surface area contributed by atoms with E-state index < -0.39 is 5.92 Å². The van der Waals surface area contributed by atoms with Crippen LogP contribution in [0.3, 0.4) is 0 Å². The smallest absolute Gasteiger partial charge is 0.185 e. The van der Waals surface area contributed by atoms with E-state index in [2.05, 4.69) is 15.9 Å². The van der Waals surface area contributed by atoms with Gasteiger partial charge in [0.15, 0.2) is 5.78 Å². The van der Waals surface area contributed by atoms with Crippen molar-refractivity contribution in [2.75, 3.05) is 0 Å². The van der Waals surface area contributed by atoms with Gasteiger partial charge in [-0.1, -0.05) is 23.7 Å². The van der Waals surface area contributed by atoms with Crippen molar-refractivity contribution in [1.29, 1.82) is 5.26 Å². The van der Waals surface area contributed by atoms with Gasteiger partial charge in [0, 0.05) is 16.0 Å². The highest BCUT2D eigenvalue weighted by Gasteiger charge is 2.22. The maximum Gasteiger partial charge on any atom is 0.185 e. The number of ketones is 1. The molecule has 1 aromatic heterocycles. The Balaban J connectivity index is 2.35. The zero-order valence-electron chi connectivity index (χ0n) is 9.06. The molecule has 1 unspecified atom stereocenters. The van der Waals surface area contributed by atoms with Crippen molar-refractivity contribution in [3.8, 4) is 6.07 Å². The van der Waals surface area contributed by atoms with Crippen molar-refractivity contribution in [2.45, 2.75) is 5.92 Å². The zero-order valence-corrected chi connectivity index (χ0v) is 12.2. The number of carbonyl (C=O) groups is 1. The maximum atomic E-state index is 12.2. The first-order valence-corrected chi connectivity index (χ1v) is 7.10. The van der Waals surface area contributed by atoms with Crippen LogP contribution < -0.4 is 0 Å². The van der Waals surface area contributed by atoms with Crippen LogP contribution in [0.15, 0.2) is 39.5 Å². The second kappa shape index (κ2) is 5.66. The first-order valence-electron chi connectivity index (χ1n) is 5.05. The first kappa shape index (κ1) is 13.3. The Labute approximate surface area is 122 Å². The highest BCUT2D eigenvalue weighted by atomic mass is 79.9. The van der Waals surface area contributed by atoms with Crippen molar-refractivity contribution in [2.24, 2.45) is 0 Å². The predicted molar refractivity (Wildman–Crippen MR) is 76.2 cm³/mol. The van der Waals surface area contributed by atoms with Crippen molar-refractivity contribution in [1.82, 2.24) is 0 Å². The van der Waals surface area contributed by atoms with Gasteiger partial charge in [0.25, 0.3) is 0 Å². The summed E-state index contributed by atoms with van der Waals surface area (Å²) in [4.78, 5) is 12.2. The highest BCUT2D eigenvalue weighted by Crippen LogP contribution is 2.27. The fourth-order valence-electron chi connectivity index (χ4n) is 1.58. The summed E-state index contributed by atoms with van der Waals surface area (Å²) in [5.74, 6) is -1.02. The number of benzene rings is 1. The number of hydrogen-bond acceptors (Lipinski definition) is 3. The largest absolute Gasteiger partial charge is 0.292 e. The number of nitriles is 1. The summed E-state index contributed by atoms with van der Waals surface area (Å²) in [6.07, 6.45) is 0. The van der Waals surface area contributed by atoms with Crippen LogP contribution in [0.25, 0.3) is 0 Å². The van der Waals surface area contributed by atoms with Crippen LogP contribution in [0.4, 0.5) is 0 Å². The molecule has 0 amide bonds. The highest BCUT2D eigenvalue weighted by molar-refractivity contribution is 9.11. The lowest BCUT2D eigenvalue weighted by Crippen LogP contribution is -2.10. The number of carbonyl (C=O) groups excluding carboxylic acids is 1. The third-order valence-electron chi connectivity index (χ3n) is 2.43. The van der Waals surface area contributed by atoms with Gasteiger partial charge in [-0.25, -0.2) is 0 Å². The minimum atomic E-state index is -0.815. The first-order chi connectivity index (χ1) is 8.61. The number of hydrogen-bond donors (Lipinski definition) is 0. The minimum absolute atomic E-state index is 0.207. The lowest BCUT2D eigenvalue weighted by Gasteiger charge is -2.07. The van der Waals surface area contributed by atoms with Crippen LogP contribution in [0, 0.1) is 11.3 Å². The van der Waals surface area contributed by atoms with E-state index in [1.54, 1.807) is 35.7 Å². The molecule has 0 aliphatic carbocycles. The number of Topliss-reactive ketones (excluding diaryl/α,β-unsaturated/α-hetero) is 1. The fourth-order valence-corrected chi connectivity index (χ4v) is 2.92. The van der Waals surface area contributed by atoms with Gasteiger partial charge in [-0.05, 0) is 39.7 Å². The van der Waals surface area contributed by atoms with Gasteiger partial charge < -0.3 is 0 Å². The molecule has 2 aromatic rings. The Morgan fingerprint density at radius 3 is 2.78 bits per heavy atom. The molecule has 0 spiro atoms. The molecule has 0 saturated heterocycles. The predicted octanol–water partition coefficient (Wildman–Crippen LogP) is 4.65. The molecule has 0 aliphatic rings. The second-order valence-electron chi connectivity index (χ2n) is 3.62. The molecule has 0 radical (unpaired) electrons. The van der Waals surface area contributed by atoms with Crippen molar-refractivity contribution < 1.29 is 4.79 Å². The summed E-state index contributed by atoms with van der Waals surface area (Å²) in [5.41, 5.74) is 1.16. The van der Waals surface area contributed by atoms with Gasteiger partial charge in [0.05, 0.1) is 9.86 Å². The van der Waals surface area contributed by atoms with Crippen LogP contribution in [0.5, 0.6) is 0 Å². The summed E-state index contributed by atoms with van der Waals surface area (Å²) in [5, 5.41) is 11.4. The Hall–Kier alpha value is -1.15. The average molecular weight is 341 g/mol. The number of rotatable bonds is 3. The number of nitrogens with zero attached hydrogens (tertiary/aromatic N) is 1. The molecule has 2 nitrogen and oxygen atoms in total. The van der Waals surface area contributed by atoms with Gasteiger partial charge in [-0.3, -0.25) is 4.79 Å². The molecule has 5 heteroatoms. The summed E-state index contributed by atoms with van der Waals surface area (Å²) < 4.78 is 0.869. The van der Waals surface area contributed by atoms with Crippen LogP contribution in [0.1, 0.15) is 21.8 Å². The monoisotopic (exact) mass is 339 g/mol. The van der Waals surface area contributed by atoms with E-state index >= 15 is 0 Å². The third-order valence-corrected chi connectivity index (χ3v) is 4.16. The second-order valence-corrected chi connectivity index (χ2v) is 6.35. The topological polar surface area (TPSA) is 40.9 Å². The molecule has 0 fully saturated rings. The standard InChI is InChI=1S/C13H7BrClNOS/c14-12-5-9(7-18-12)13(17)11(6-16)8-2-1-3-10(15)4-8/h1-5,7,11H. The van der Waals surface area contributed by atoms with Crippen molar-refractivity contribution >= 4 is 44.7 Å². The number of thiophene rings is 1. The molecular weight excluding hydrogens is 334 g/mol. The van der Waals surface area contributed by atoms with Gasteiger partial charge in [-0.15, -0.1) is 11.3 Å². The van der Waals surface area contributed by atoms with Crippen LogP contribution in [-0.4, -0.2) is 5.78 Å². The fraction of sp³-hybridized carbons (Fsp3) is 0.0769. The molecule has 1 heterocycles. The Kier molecular flexibility index (Phi) is 4.18. The molecule has 18 heavy (non-hydrogen) atoms. The van der Waals surface area contributed by atoms with E-state index in [4.69, 9.17) is 11.6 Å². The van der Waals surface area contributed by atoms with E-state index in [0.717, 1.165) is 3.79 Å². The lowest BCUT2D eigenvalue weighted by molar-refractivity contribution is 0.0979. The van der Waals surface area contributed by atoms with E-state index in [9.17, 15) is 10.1 Å². The third kappa shape index (κ3) is 2.81. The molecule has 2 rings (SSSR count). The molecule has 0 saturated carbocycles. The van der Waals surface area contributed by atoms with Crippen LogP contribution in [0.2, 0.25) is 5.02 Å². The van der Waals surface area contributed by atoms with Crippen LogP contribution >= 0.6 is 38.9 Å². The molecule has 1 aromatic carbocycles. The van der Waals surface area contributed by atoms with Gasteiger partial charge in [0.1, 0.15) is 5.92 Å². The van der Waals surface area contributed by atoms with Gasteiger partial charge in [0.2, 0.25) is 0 Å².